The molecule has 1 aromatic heterocycles. The average molecular weight is 250 g/mol. The number of halogens is 1. The van der Waals surface area contributed by atoms with Gasteiger partial charge in [-0.2, -0.15) is 0 Å². The minimum atomic E-state index is 0.0692. The summed E-state index contributed by atoms with van der Waals surface area (Å²) in [6.07, 6.45) is 1.66. The normalized spacial score (nSPS) is 10.4. The molecule has 0 bridgehead atoms. The summed E-state index contributed by atoms with van der Waals surface area (Å²) in [5, 5.41) is 0.906. The lowest BCUT2D eigenvalue weighted by Gasteiger charge is -2.02. The van der Waals surface area contributed by atoms with Crippen LogP contribution in [0, 0.1) is 0 Å². The van der Waals surface area contributed by atoms with Crippen LogP contribution in [-0.2, 0) is 0 Å². The molecule has 0 saturated heterocycles. The van der Waals surface area contributed by atoms with Gasteiger partial charge in [-0.15, -0.1) is 0 Å². The van der Waals surface area contributed by atoms with E-state index in [9.17, 15) is 4.79 Å². The Hall–Kier alpha value is -1.22. The summed E-state index contributed by atoms with van der Waals surface area (Å²) in [4.78, 5) is 15.5. The molecule has 0 aliphatic rings. The van der Waals surface area contributed by atoms with Crippen molar-refractivity contribution in [2.45, 2.75) is 6.92 Å². The van der Waals surface area contributed by atoms with Crippen molar-refractivity contribution >= 4 is 32.6 Å². The van der Waals surface area contributed by atoms with Gasteiger partial charge < -0.3 is 0 Å². The number of pyridine rings is 1. The molecule has 2 nitrogen and oxygen atoms in total. The van der Waals surface area contributed by atoms with E-state index < -0.39 is 0 Å². The lowest BCUT2D eigenvalue weighted by Crippen LogP contribution is -1.94. The molecule has 0 N–H and O–H groups in total. The fraction of sp³-hybridized carbons (Fsp3) is 0.0909. The van der Waals surface area contributed by atoms with E-state index in [-0.39, 0.29) is 5.78 Å². The molecule has 0 aliphatic heterocycles. The van der Waals surface area contributed by atoms with Crippen molar-refractivity contribution in [2.24, 2.45) is 0 Å². The second kappa shape index (κ2) is 3.50. The van der Waals surface area contributed by atoms with Gasteiger partial charge in [-0.3, -0.25) is 9.78 Å². The van der Waals surface area contributed by atoms with Crippen molar-refractivity contribution < 1.29 is 4.79 Å². The van der Waals surface area contributed by atoms with E-state index in [4.69, 9.17) is 0 Å². The predicted octanol–water partition coefficient (Wildman–Crippen LogP) is 3.20. The SMILES string of the molecule is CC(=O)c1ccnc2cc(Br)ccc12. The van der Waals surface area contributed by atoms with E-state index in [2.05, 4.69) is 20.9 Å². The molecular formula is C11H8BrNO. The smallest absolute Gasteiger partial charge is 0.160 e. The van der Waals surface area contributed by atoms with Crippen molar-refractivity contribution in [1.29, 1.82) is 0 Å². The van der Waals surface area contributed by atoms with Gasteiger partial charge in [0.15, 0.2) is 5.78 Å². The maximum absolute atomic E-state index is 11.3. The maximum atomic E-state index is 11.3. The maximum Gasteiger partial charge on any atom is 0.160 e. The Morgan fingerprint density at radius 2 is 2.14 bits per heavy atom. The van der Waals surface area contributed by atoms with Gasteiger partial charge in [-0.1, -0.05) is 22.0 Å². The van der Waals surface area contributed by atoms with Crippen LogP contribution >= 0.6 is 15.9 Å². The number of carbonyl (C=O) groups is 1. The Morgan fingerprint density at radius 3 is 2.86 bits per heavy atom. The van der Waals surface area contributed by atoms with E-state index in [0.717, 1.165) is 20.9 Å². The van der Waals surface area contributed by atoms with Crippen LogP contribution in [-0.4, -0.2) is 10.8 Å². The Balaban J connectivity index is 2.81. The van der Waals surface area contributed by atoms with Crippen molar-refractivity contribution in [3.8, 4) is 0 Å². The summed E-state index contributed by atoms with van der Waals surface area (Å²) in [7, 11) is 0. The van der Waals surface area contributed by atoms with Crippen LogP contribution in [0.2, 0.25) is 0 Å². The largest absolute Gasteiger partial charge is 0.294 e. The van der Waals surface area contributed by atoms with Gasteiger partial charge in [0.05, 0.1) is 5.52 Å². The fourth-order valence-corrected chi connectivity index (χ4v) is 1.78. The van der Waals surface area contributed by atoms with Crippen molar-refractivity contribution in [3.63, 3.8) is 0 Å². The second-order valence-corrected chi connectivity index (χ2v) is 3.99. The third-order valence-corrected chi connectivity index (χ3v) is 2.58. The molecule has 70 valence electrons. The van der Waals surface area contributed by atoms with Crippen LogP contribution in [0.1, 0.15) is 17.3 Å². The van der Waals surface area contributed by atoms with Gasteiger partial charge in [0.25, 0.3) is 0 Å². The minimum Gasteiger partial charge on any atom is -0.294 e. The Morgan fingerprint density at radius 1 is 1.36 bits per heavy atom. The number of ketones is 1. The van der Waals surface area contributed by atoms with Crippen LogP contribution in [0.3, 0.4) is 0 Å². The van der Waals surface area contributed by atoms with E-state index in [0.29, 0.717) is 0 Å². The number of hydrogen-bond donors (Lipinski definition) is 0. The Kier molecular flexibility index (Phi) is 2.33. The number of benzene rings is 1. The van der Waals surface area contributed by atoms with Crippen molar-refractivity contribution in [3.05, 3.63) is 40.5 Å². The molecule has 1 heterocycles. The zero-order valence-corrected chi connectivity index (χ0v) is 9.21. The molecule has 2 rings (SSSR count). The molecule has 0 amide bonds. The third-order valence-electron chi connectivity index (χ3n) is 2.08. The Bertz CT molecular complexity index is 508. The van der Waals surface area contributed by atoms with Gasteiger partial charge in [-0.25, -0.2) is 0 Å². The number of rotatable bonds is 1. The number of Topliss-reactive ketones (excluding diaryl/α,β-unsaturated/α-hetero) is 1. The third kappa shape index (κ3) is 1.55. The molecule has 3 heteroatoms. The summed E-state index contributed by atoms with van der Waals surface area (Å²) < 4.78 is 0.971. The van der Waals surface area contributed by atoms with E-state index in [1.54, 1.807) is 19.2 Å². The van der Waals surface area contributed by atoms with Crippen molar-refractivity contribution in [2.75, 3.05) is 0 Å². The number of carbonyl (C=O) groups excluding carboxylic acids is 1. The minimum absolute atomic E-state index is 0.0692. The van der Waals surface area contributed by atoms with Crippen LogP contribution in [0.5, 0.6) is 0 Å². The summed E-state index contributed by atoms with van der Waals surface area (Å²) in [5.41, 5.74) is 1.56. The monoisotopic (exact) mass is 249 g/mol. The second-order valence-electron chi connectivity index (χ2n) is 3.08. The summed E-state index contributed by atoms with van der Waals surface area (Å²) in [5.74, 6) is 0.0692. The van der Waals surface area contributed by atoms with E-state index in [1.807, 2.05) is 18.2 Å². The predicted molar refractivity (Wildman–Crippen MR) is 59.4 cm³/mol. The highest BCUT2D eigenvalue weighted by Crippen LogP contribution is 2.21. The molecule has 0 aliphatic carbocycles. The van der Waals surface area contributed by atoms with Gasteiger partial charge in [0, 0.05) is 21.6 Å². The summed E-state index contributed by atoms with van der Waals surface area (Å²) in [6, 6.07) is 7.47. The first kappa shape index (κ1) is 9.34. The van der Waals surface area contributed by atoms with Crippen molar-refractivity contribution in [1.82, 2.24) is 4.98 Å². The van der Waals surface area contributed by atoms with E-state index >= 15 is 0 Å². The fourth-order valence-electron chi connectivity index (χ4n) is 1.43. The average Bonchev–Trinajstić information content (AvgIpc) is 2.16. The number of fused-ring (bicyclic) bond motifs is 1. The lowest BCUT2D eigenvalue weighted by molar-refractivity contribution is 0.101. The molecule has 0 atom stereocenters. The highest BCUT2D eigenvalue weighted by Gasteiger charge is 2.05. The van der Waals surface area contributed by atoms with Crippen LogP contribution in [0.15, 0.2) is 34.9 Å². The summed E-state index contributed by atoms with van der Waals surface area (Å²) in [6.45, 7) is 1.57. The number of hydrogen-bond acceptors (Lipinski definition) is 2. The quantitative estimate of drug-likeness (QED) is 0.727. The number of nitrogens with zero attached hydrogens (tertiary/aromatic N) is 1. The summed E-state index contributed by atoms with van der Waals surface area (Å²) >= 11 is 3.37. The first-order valence-corrected chi connectivity index (χ1v) is 5.03. The zero-order chi connectivity index (χ0) is 10.1. The van der Waals surface area contributed by atoms with Gasteiger partial charge >= 0.3 is 0 Å². The van der Waals surface area contributed by atoms with E-state index in [1.165, 1.54) is 0 Å². The molecular weight excluding hydrogens is 242 g/mol. The molecule has 1 aromatic carbocycles. The molecule has 2 aromatic rings. The first-order chi connectivity index (χ1) is 6.68. The van der Waals surface area contributed by atoms with Gasteiger partial charge in [-0.05, 0) is 25.1 Å². The van der Waals surface area contributed by atoms with Crippen LogP contribution in [0.25, 0.3) is 10.9 Å². The first-order valence-electron chi connectivity index (χ1n) is 4.23. The van der Waals surface area contributed by atoms with Crippen LogP contribution in [0.4, 0.5) is 0 Å². The van der Waals surface area contributed by atoms with Gasteiger partial charge in [0.2, 0.25) is 0 Å². The highest BCUT2D eigenvalue weighted by atomic mass is 79.9. The molecule has 0 unspecified atom stereocenters. The topological polar surface area (TPSA) is 30.0 Å². The Labute approximate surface area is 90.1 Å². The lowest BCUT2D eigenvalue weighted by atomic mass is 10.1. The standard InChI is InChI=1S/C11H8BrNO/c1-7(14)9-4-5-13-11-6-8(12)2-3-10(9)11/h2-6H,1H3. The molecule has 0 fully saturated rings. The molecule has 0 spiro atoms. The molecule has 0 saturated carbocycles. The molecule has 0 radical (unpaired) electrons. The zero-order valence-electron chi connectivity index (χ0n) is 7.62. The molecule has 14 heavy (non-hydrogen) atoms. The van der Waals surface area contributed by atoms with Gasteiger partial charge in [0.1, 0.15) is 0 Å². The highest BCUT2D eigenvalue weighted by molar-refractivity contribution is 9.10. The van der Waals surface area contributed by atoms with Crippen LogP contribution < -0.4 is 0 Å². The number of aromatic nitrogens is 1.